The molecule has 0 N–H and O–H groups in total. The Hall–Kier alpha value is -2.60. The minimum absolute atomic E-state index is 0.289. The van der Waals surface area contributed by atoms with Crippen molar-refractivity contribution < 1.29 is 14.2 Å². The fourth-order valence-electron chi connectivity index (χ4n) is 4.83. The number of pyridine rings is 1. The number of aromatic nitrogens is 1. The number of alkyl halides is 1. The summed E-state index contributed by atoms with van der Waals surface area (Å²) in [5.41, 5.74) is 4.34. The largest absolute Gasteiger partial charge is 0.492 e. The molecule has 0 saturated carbocycles. The molecule has 3 heterocycles. The van der Waals surface area contributed by atoms with Gasteiger partial charge in [0.1, 0.15) is 30.3 Å². The van der Waals surface area contributed by atoms with Crippen LogP contribution < -0.4 is 9.47 Å². The first-order valence-electron chi connectivity index (χ1n) is 12.0. The summed E-state index contributed by atoms with van der Waals surface area (Å²) in [6, 6.07) is 18.3. The van der Waals surface area contributed by atoms with Crippen LogP contribution in [0.1, 0.15) is 47.7 Å². The first-order chi connectivity index (χ1) is 16.7. The van der Waals surface area contributed by atoms with Crippen molar-refractivity contribution in [3.05, 3.63) is 88.7 Å². The molecule has 0 amide bonds. The fraction of sp³-hybridized carbons (Fsp3) is 0.393. The van der Waals surface area contributed by atoms with Crippen molar-refractivity contribution in [2.24, 2.45) is 0 Å². The van der Waals surface area contributed by atoms with E-state index in [2.05, 4.69) is 28.9 Å². The summed E-state index contributed by atoms with van der Waals surface area (Å²) in [7, 11) is 0. The first kappa shape index (κ1) is 23.2. The minimum atomic E-state index is -0.605. The van der Waals surface area contributed by atoms with Gasteiger partial charge in [0, 0.05) is 23.9 Å². The molecule has 2 aliphatic heterocycles. The Kier molecular flexibility index (Phi) is 7.05. The highest BCUT2D eigenvalue weighted by Crippen LogP contribution is 2.46. The van der Waals surface area contributed by atoms with Crippen molar-refractivity contribution in [1.29, 1.82) is 0 Å². The van der Waals surface area contributed by atoms with Crippen LogP contribution in [0.5, 0.6) is 11.5 Å². The molecule has 34 heavy (non-hydrogen) atoms. The van der Waals surface area contributed by atoms with Crippen LogP contribution in [0.25, 0.3) is 0 Å². The van der Waals surface area contributed by atoms with Gasteiger partial charge in [-0.25, -0.2) is 0 Å². The molecule has 1 saturated heterocycles. The van der Waals surface area contributed by atoms with Crippen LogP contribution in [-0.2, 0) is 29.4 Å². The maximum Gasteiger partial charge on any atom is 0.148 e. The number of benzene rings is 2. The number of halogens is 1. The number of fused-ring (bicyclic) bond motifs is 1. The molecular formula is C28H31ClN2O3. The van der Waals surface area contributed by atoms with Gasteiger partial charge in [0.2, 0.25) is 0 Å². The summed E-state index contributed by atoms with van der Waals surface area (Å²) < 4.78 is 18.6. The zero-order valence-electron chi connectivity index (χ0n) is 19.6. The highest BCUT2D eigenvalue weighted by molar-refractivity contribution is 6.17. The SMILES string of the molecule is CC1(c2ccc(OCCN3CCCC3)cc2)OCc2c1cnc(CCl)c2OCc1ccccc1. The van der Waals surface area contributed by atoms with Crippen LogP contribution in [0.2, 0.25) is 0 Å². The minimum Gasteiger partial charge on any atom is -0.492 e. The molecule has 1 fully saturated rings. The Morgan fingerprint density at radius 1 is 1.03 bits per heavy atom. The van der Waals surface area contributed by atoms with E-state index in [9.17, 15) is 0 Å². The summed E-state index contributed by atoms with van der Waals surface area (Å²) in [4.78, 5) is 7.09. The van der Waals surface area contributed by atoms with Crippen molar-refractivity contribution in [1.82, 2.24) is 9.88 Å². The standard InChI is InChI=1S/C28H31ClN2O3/c1-28(22-9-11-23(12-10-22)32-16-15-31-13-5-6-14-31)25-18-30-26(17-29)27(24(25)20-34-28)33-19-21-7-3-2-4-8-21/h2-4,7-12,18H,5-6,13-17,19-20H2,1H3. The molecule has 0 bridgehead atoms. The molecule has 5 rings (SSSR count). The van der Waals surface area contributed by atoms with Gasteiger partial charge in [0.15, 0.2) is 0 Å². The molecule has 0 aliphatic carbocycles. The number of hydrogen-bond acceptors (Lipinski definition) is 5. The van der Waals surface area contributed by atoms with E-state index >= 15 is 0 Å². The zero-order valence-corrected chi connectivity index (χ0v) is 20.4. The quantitative estimate of drug-likeness (QED) is 0.371. The van der Waals surface area contributed by atoms with Gasteiger partial charge in [-0.15, -0.1) is 11.6 Å². The second-order valence-electron chi connectivity index (χ2n) is 9.08. The van der Waals surface area contributed by atoms with E-state index in [1.807, 2.05) is 48.7 Å². The van der Waals surface area contributed by atoms with Gasteiger partial charge in [0.05, 0.1) is 18.2 Å². The molecule has 0 spiro atoms. The van der Waals surface area contributed by atoms with E-state index in [1.54, 1.807) is 0 Å². The van der Waals surface area contributed by atoms with E-state index in [-0.39, 0.29) is 5.88 Å². The predicted molar refractivity (Wildman–Crippen MR) is 133 cm³/mol. The van der Waals surface area contributed by atoms with Gasteiger partial charge in [-0.3, -0.25) is 9.88 Å². The summed E-state index contributed by atoms with van der Waals surface area (Å²) in [6.07, 6.45) is 4.49. The Labute approximate surface area is 206 Å². The van der Waals surface area contributed by atoms with Gasteiger partial charge < -0.3 is 14.2 Å². The van der Waals surface area contributed by atoms with Crippen LogP contribution >= 0.6 is 11.6 Å². The van der Waals surface area contributed by atoms with E-state index in [0.717, 1.165) is 46.0 Å². The van der Waals surface area contributed by atoms with E-state index in [1.165, 1.54) is 25.9 Å². The summed E-state index contributed by atoms with van der Waals surface area (Å²) in [5.74, 6) is 1.91. The zero-order chi connectivity index (χ0) is 23.4. The Morgan fingerprint density at radius 2 is 1.79 bits per heavy atom. The third-order valence-corrected chi connectivity index (χ3v) is 7.12. The van der Waals surface area contributed by atoms with Crippen LogP contribution in [0.3, 0.4) is 0 Å². The number of hydrogen-bond donors (Lipinski definition) is 0. The molecule has 5 nitrogen and oxygen atoms in total. The van der Waals surface area contributed by atoms with Crippen molar-refractivity contribution in [2.45, 2.75) is 44.5 Å². The first-order valence-corrected chi connectivity index (χ1v) is 12.5. The van der Waals surface area contributed by atoms with Crippen molar-refractivity contribution in [3.8, 4) is 11.5 Å². The molecule has 1 atom stereocenters. The lowest BCUT2D eigenvalue weighted by molar-refractivity contribution is 0.00920. The van der Waals surface area contributed by atoms with E-state index in [0.29, 0.717) is 19.8 Å². The number of nitrogens with zero attached hydrogens (tertiary/aromatic N) is 2. The molecule has 0 radical (unpaired) electrons. The monoisotopic (exact) mass is 478 g/mol. The molecule has 1 aromatic heterocycles. The van der Waals surface area contributed by atoms with Gasteiger partial charge in [-0.2, -0.15) is 0 Å². The van der Waals surface area contributed by atoms with Crippen LogP contribution in [0, 0.1) is 0 Å². The maximum absolute atomic E-state index is 6.37. The molecular weight excluding hydrogens is 448 g/mol. The van der Waals surface area contributed by atoms with E-state index in [4.69, 9.17) is 25.8 Å². The van der Waals surface area contributed by atoms with Crippen LogP contribution in [0.4, 0.5) is 0 Å². The molecule has 6 heteroatoms. The van der Waals surface area contributed by atoms with Gasteiger partial charge in [-0.05, 0) is 56.1 Å². The third kappa shape index (κ3) is 4.78. The molecule has 3 aromatic rings. The Balaban J connectivity index is 1.32. The smallest absolute Gasteiger partial charge is 0.148 e. The van der Waals surface area contributed by atoms with E-state index < -0.39 is 5.60 Å². The highest BCUT2D eigenvalue weighted by Gasteiger charge is 2.40. The average molecular weight is 479 g/mol. The molecule has 2 aromatic carbocycles. The lowest BCUT2D eigenvalue weighted by atomic mass is 9.88. The fourth-order valence-corrected chi connectivity index (χ4v) is 5.02. The number of likely N-dealkylation sites (tertiary alicyclic amines) is 1. The van der Waals surface area contributed by atoms with Crippen molar-refractivity contribution in [3.63, 3.8) is 0 Å². The normalized spacial score (nSPS) is 19.8. The van der Waals surface area contributed by atoms with Gasteiger partial charge >= 0.3 is 0 Å². The highest BCUT2D eigenvalue weighted by atomic mass is 35.5. The Bertz CT molecular complexity index is 1100. The maximum atomic E-state index is 6.37. The van der Waals surface area contributed by atoms with Gasteiger partial charge in [0.25, 0.3) is 0 Å². The second-order valence-corrected chi connectivity index (χ2v) is 9.34. The van der Waals surface area contributed by atoms with Crippen LogP contribution in [0.15, 0.2) is 60.8 Å². The second kappa shape index (κ2) is 10.3. The lowest BCUT2D eigenvalue weighted by Gasteiger charge is -2.26. The Morgan fingerprint density at radius 3 is 2.53 bits per heavy atom. The van der Waals surface area contributed by atoms with Crippen LogP contribution in [-0.4, -0.2) is 36.1 Å². The molecule has 178 valence electrons. The summed E-state index contributed by atoms with van der Waals surface area (Å²) in [6.45, 7) is 7.08. The third-order valence-electron chi connectivity index (χ3n) is 6.86. The summed E-state index contributed by atoms with van der Waals surface area (Å²) in [5, 5.41) is 0. The number of rotatable bonds is 9. The summed E-state index contributed by atoms with van der Waals surface area (Å²) >= 11 is 6.20. The lowest BCUT2D eigenvalue weighted by Crippen LogP contribution is -2.25. The van der Waals surface area contributed by atoms with Crippen molar-refractivity contribution in [2.75, 3.05) is 26.2 Å². The molecule has 1 unspecified atom stereocenters. The topological polar surface area (TPSA) is 43.8 Å². The van der Waals surface area contributed by atoms with Crippen molar-refractivity contribution >= 4 is 11.6 Å². The van der Waals surface area contributed by atoms with Gasteiger partial charge in [-0.1, -0.05) is 42.5 Å². The average Bonchev–Trinajstić information content (AvgIpc) is 3.52. The number of ether oxygens (including phenoxy) is 3. The predicted octanol–water partition coefficient (Wildman–Crippen LogP) is 5.67. The molecule has 2 aliphatic rings.